The molecule has 0 heterocycles. The third kappa shape index (κ3) is 2.77. The van der Waals surface area contributed by atoms with Gasteiger partial charge in [-0.2, -0.15) is 0 Å². The van der Waals surface area contributed by atoms with Crippen molar-refractivity contribution >= 4 is 11.5 Å². The number of aliphatic imine (C=N–C) groups is 1. The van der Waals surface area contributed by atoms with E-state index < -0.39 is 0 Å². The molecule has 0 spiro atoms. The first kappa shape index (κ1) is 12.4. The zero-order chi connectivity index (χ0) is 13.0. The van der Waals surface area contributed by atoms with Crippen LogP contribution in [0.3, 0.4) is 0 Å². The van der Waals surface area contributed by atoms with Crippen LogP contribution in [0.2, 0.25) is 0 Å². The predicted molar refractivity (Wildman–Crippen MR) is 77.4 cm³/mol. The molecular weight excluding hydrogens is 220 g/mol. The summed E-state index contributed by atoms with van der Waals surface area (Å²) >= 11 is 0. The fraction of sp³-hybridized carbons (Fsp3) is 0.188. The molecule has 0 aliphatic carbocycles. The Labute approximate surface area is 108 Å². The van der Waals surface area contributed by atoms with Gasteiger partial charge in [-0.15, -0.1) is 0 Å². The summed E-state index contributed by atoms with van der Waals surface area (Å²) in [5.74, 6) is 0.555. The van der Waals surface area contributed by atoms with Gasteiger partial charge in [-0.05, 0) is 36.6 Å². The summed E-state index contributed by atoms with van der Waals surface area (Å²) in [6.45, 7) is 4.26. The van der Waals surface area contributed by atoms with E-state index in [9.17, 15) is 0 Å². The number of hydrogen-bond donors (Lipinski definition) is 1. The third-order valence-corrected chi connectivity index (χ3v) is 3.03. The summed E-state index contributed by atoms with van der Waals surface area (Å²) < 4.78 is 0. The maximum atomic E-state index is 6.00. The van der Waals surface area contributed by atoms with Gasteiger partial charge in [-0.3, -0.25) is 0 Å². The zero-order valence-corrected chi connectivity index (χ0v) is 10.9. The first-order valence-corrected chi connectivity index (χ1v) is 6.20. The van der Waals surface area contributed by atoms with Crippen LogP contribution in [-0.2, 0) is 6.42 Å². The van der Waals surface area contributed by atoms with Crippen LogP contribution in [0.4, 0.5) is 5.69 Å². The lowest BCUT2D eigenvalue weighted by Crippen LogP contribution is -2.12. The molecule has 2 N–H and O–H groups in total. The monoisotopic (exact) mass is 238 g/mol. The van der Waals surface area contributed by atoms with Gasteiger partial charge in [-0.1, -0.05) is 43.3 Å². The molecule has 0 saturated heterocycles. The largest absolute Gasteiger partial charge is 0.383 e. The summed E-state index contributed by atoms with van der Waals surface area (Å²) in [5.41, 5.74) is 10.5. The van der Waals surface area contributed by atoms with Gasteiger partial charge < -0.3 is 5.73 Å². The molecule has 0 aliphatic rings. The van der Waals surface area contributed by atoms with E-state index in [4.69, 9.17) is 5.73 Å². The molecular formula is C16H18N2. The fourth-order valence-electron chi connectivity index (χ4n) is 1.96. The topological polar surface area (TPSA) is 38.4 Å². The Morgan fingerprint density at radius 3 is 2.44 bits per heavy atom. The quantitative estimate of drug-likeness (QED) is 0.644. The number of amidine groups is 1. The van der Waals surface area contributed by atoms with Gasteiger partial charge in [0.1, 0.15) is 5.84 Å². The van der Waals surface area contributed by atoms with Gasteiger partial charge >= 0.3 is 0 Å². The fourth-order valence-corrected chi connectivity index (χ4v) is 1.96. The first-order valence-electron chi connectivity index (χ1n) is 6.20. The summed E-state index contributed by atoms with van der Waals surface area (Å²) in [6.07, 6.45) is 1.05. The Morgan fingerprint density at radius 2 is 1.83 bits per heavy atom. The van der Waals surface area contributed by atoms with E-state index in [-0.39, 0.29) is 0 Å². The van der Waals surface area contributed by atoms with Gasteiger partial charge in [0, 0.05) is 5.56 Å². The van der Waals surface area contributed by atoms with Crippen molar-refractivity contribution in [3.63, 3.8) is 0 Å². The van der Waals surface area contributed by atoms with Crippen molar-refractivity contribution in [3.05, 3.63) is 65.2 Å². The minimum Gasteiger partial charge on any atom is -0.383 e. The van der Waals surface area contributed by atoms with Crippen LogP contribution in [-0.4, -0.2) is 5.84 Å². The molecule has 0 bridgehead atoms. The molecule has 0 aromatic heterocycles. The average Bonchev–Trinajstić information content (AvgIpc) is 2.40. The highest BCUT2D eigenvalue weighted by atomic mass is 14.9. The van der Waals surface area contributed by atoms with Crippen molar-refractivity contribution in [2.75, 3.05) is 0 Å². The maximum absolute atomic E-state index is 6.00. The van der Waals surface area contributed by atoms with E-state index in [1.807, 2.05) is 36.4 Å². The number of nitrogens with zero attached hydrogens (tertiary/aromatic N) is 1. The van der Waals surface area contributed by atoms with E-state index in [1.54, 1.807) is 0 Å². The standard InChI is InChI=1S/C16H18N2/c1-3-13-9-10-15(11-12(13)2)18-16(17)14-7-5-4-6-8-14/h4-11H,3H2,1-2H3,(H2,17,18). The number of hydrogen-bond acceptors (Lipinski definition) is 1. The lowest BCUT2D eigenvalue weighted by atomic mass is 10.1. The summed E-state index contributed by atoms with van der Waals surface area (Å²) in [5, 5.41) is 0. The van der Waals surface area contributed by atoms with E-state index in [2.05, 4.69) is 31.0 Å². The molecule has 0 fully saturated rings. The molecule has 0 radical (unpaired) electrons. The molecule has 18 heavy (non-hydrogen) atoms. The Hall–Kier alpha value is -2.09. The SMILES string of the molecule is CCc1ccc(N=C(N)c2ccccc2)cc1C. The van der Waals surface area contributed by atoms with Crippen molar-refractivity contribution in [1.82, 2.24) is 0 Å². The lowest BCUT2D eigenvalue weighted by molar-refractivity contribution is 1.11. The van der Waals surface area contributed by atoms with Crippen molar-refractivity contribution in [2.24, 2.45) is 10.7 Å². The average molecular weight is 238 g/mol. The molecule has 2 heteroatoms. The van der Waals surface area contributed by atoms with Crippen LogP contribution in [0.25, 0.3) is 0 Å². The molecule has 2 aromatic rings. The molecule has 2 nitrogen and oxygen atoms in total. The highest BCUT2D eigenvalue weighted by Gasteiger charge is 2.00. The summed E-state index contributed by atoms with van der Waals surface area (Å²) in [6, 6.07) is 16.0. The molecule has 0 amide bonds. The van der Waals surface area contributed by atoms with Crippen molar-refractivity contribution in [1.29, 1.82) is 0 Å². The van der Waals surface area contributed by atoms with E-state index in [1.165, 1.54) is 11.1 Å². The smallest absolute Gasteiger partial charge is 0.131 e. The van der Waals surface area contributed by atoms with Crippen molar-refractivity contribution < 1.29 is 0 Å². The zero-order valence-electron chi connectivity index (χ0n) is 10.9. The van der Waals surface area contributed by atoms with Crippen LogP contribution in [0.15, 0.2) is 53.5 Å². The second-order valence-corrected chi connectivity index (χ2v) is 4.33. The summed E-state index contributed by atoms with van der Waals surface area (Å²) in [7, 11) is 0. The Balaban J connectivity index is 2.31. The van der Waals surface area contributed by atoms with Crippen LogP contribution >= 0.6 is 0 Å². The highest BCUT2D eigenvalue weighted by molar-refractivity contribution is 5.98. The number of aryl methyl sites for hydroxylation is 2. The molecule has 0 aliphatic heterocycles. The number of nitrogens with two attached hydrogens (primary N) is 1. The minimum atomic E-state index is 0.555. The van der Waals surface area contributed by atoms with Crippen LogP contribution < -0.4 is 5.73 Å². The normalized spacial score (nSPS) is 11.6. The Bertz CT molecular complexity index is 557. The Morgan fingerprint density at radius 1 is 1.11 bits per heavy atom. The lowest BCUT2D eigenvalue weighted by Gasteiger charge is -2.05. The number of rotatable bonds is 3. The number of benzene rings is 2. The first-order chi connectivity index (χ1) is 8.70. The van der Waals surface area contributed by atoms with Crippen molar-refractivity contribution in [3.8, 4) is 0 Å². The molecule has 92 valence electrons. The van der Waals surface area contributed by atoms with E-state index in [0.717, 1.165) is 17.7 Å². The van der Waals surface area contributed by atoms with Gasteiger partial charge in [0.05, 0.1) is 5.69 Å². The molecule has 0 saturated carbocycles. The van der Waals surface area contributed by atoms with E-state index in [0.29, 0.717) is 5.84 Å². The van der Waals surface area contributed by atoms with Crippen LogP contribution in [0.1, 0.15) is 23.6 Å². The maximum Gasteiger partial charge on any atom is 0.131 e. The molecule has 0 atom stereocenters. The van der Waals surface area contributed by atoms with Gasteiger partial charge in [0.2, 0.25) is 0 Å². The summed E-state index contributed by atoms with van der Waals surface area (Å²) in [4.78, 5) is 4.46. The minimum absolute atomic E-state index is 0.555. The van der Waals surface area contributed by atoms with Crippen molar-refractivity contribution in [2.45, 2.75) is 20.3 Å². The Kier molecular flexibility index (Phi) is 3.78. The second-order valence-electron chi connectivity index (χ2n) is 4.33. The van der Waals surface area contributed by atoms with E-state index >= 15 is 0 Å². The second kappa shape index (κ2) is 5.50. The molecule has 0 unspecified atom stereocenters. The van der Waals surface area contributed by atoms with Gasteiger partial charge in [-0.25, -0.2) is 4.99 Å². The molecule has 2 aromatic carbocycles. The van der Waals surface area contributed by atoms with Crippen LogP contribution in [0.5, 0.6) is 0 Å². The van der Waals surface area contributed by atoms with Gasteiger partial charge in [0.25, 0.3) is 0 Å². The predicted octanol–water partition coefficient (Wildman–Crippen LogP) is 3.59. The van der Waals surface area contributed by atoms with Gasteiger partial charge in [0.15, 0.2) is 0 Å². The molecule has 2 rings (SSSR count). The van der Waals surface area contributed by atoms with Crippen LogP contribution in [0, 0.1) is 6.92 Å². The highest BCUT2D eigenvalue weighted by Crippen LogP contribution is 2.18. The third-order valence-electron chi connectivity index (χ3n) is 3.03.